The minimum absolute atomic E-state index is 0.0184. The number of rotatable bonds is 6. The van der Waals surface area contributed by atoms with Crippen LogP contribution >= 0.6 is 0 Å². The number of nitrogens with one attached hydrogen (secondary N) is 1. The Morgan fingerprint density at radius 2 is 1.87 bits per heavy atom. The van der Waals surface area contributed by atoms with Gasteiger partial charge in [-0.2, -0.15) is 14.8 Å². The Kier molecular flexibility index (Phi) is 6.91. The van der Waals surface area contributed by atoms with Gasteiger partial charge in [0, 0.05) is 19.0 Å². The zero-order valence-electron chi connectivity index (χ0n) is 17.0. The number of benzene rings is 2. The van der Waals surface area contributed by atoms with Crippen LogP contribution in [-0.4, -0.2) is 38.3 Å². The molecule has 2 aromatic rings. The summed E-state index contributed by atoms with van der Waals surface area (Å²) in [6, 6.07) is 14.8. The fraction of sp³-hybridized carbons (Fsp3) is 0.318. The standard InChI is InChI=1S/C22H22N4O4S/c1-2-30-20-8-7-16(14-23)13-19(20)25-22(27)17-9-11-26(12-10-17)31(28,29)21-6-4-3-5-18(21)15-24/h3-8,13,17H,2,9-12H2,1H3,(H,25,27). The highest BCUT2D eigenvalue weighted by molar-refractivity contribution is 7.89. The molecule has 0 bridgehead atoms. The van der Waals surface area contributed by atoms with E-state index < -0.39 is 10.0 Å². The summed E-state index contributed by atoms with van der Waals surface area (Å²) in [5.74, 6) is -0.147. The van der Waals surface area contributed by atoms with Gasteiger partial charge in [0.2, 0.25) is 15.9 Å². The first-order valence-electron chi connectivity index (χ1n) is 9.87. The molecule has 9 heteroatoms. The van der Waals surface area contributed by atoms with Gasteiger partial charge in [-0.05, 0) is 50.1 Å². The van der Waals surface area contributed by atoms with Crippen molar-refractivity contribution in [2.24, 2.45) is 5.92 Å². The summed E-state index contributed by atoms with van der Waals surface area (Å²) >= 11 is 0. The van der Waals surface area contributed by atoms with Gasteiger partial charge in [0.15, 0.2) is 0 Å². The van der Waals surface area contributed by atoms with E-state index in [2.05, 4.69) is 5.32 Å². The molecular weight excluding hydrogens is 416 g/mol. The smallest absolute Gasteiger partial charge is 0.244 e. The Labute approximate surface area is 181 Å². The normalized spacial score (nSPS) is 14.9. The molecule has 0 saturated carbocycles. The van der Waals surface area contributed by atoms with E-state index in [-0.39, 0.29) is 35.4 Å². The second-order valence-electron chi connectivity index (χ2n) is 7.03. The van der Waals surface area contributed by atoms with Gasteiger partial charge in [0.1, 0.15) is 11.8 Å². The number of piperidine rings is 1. The molecule has 0 unspecified atom stereocenters. The largest absolute Gasteiger partial charge is 0.492 e. The molecule has 2 aromatic carbocycles. The van der Waals surface area contributed by atoms with Gasteiger partial charge >= 0.3 is 0 Å². The van der Waals surface area contributed by atoms with Crippen LogP contribution in [0.4, 0.5) is 5.69 Å². The average Bonchev–Trinajstić information content (AvgIpc) is 2.80. The van der Waals surface area contributed by atoms with Crippen molar-refractivity contribution >= 4 is 21.6 Å². The summed E-state index contributed by atoms with van der Waals surface area (Å²) in [5, 5.41) is 21.2. The first kappa shape index (κ1) is 22.3. The second kappa shape index (κ2) is 9.61. The fourth-order valence-corrected chi connectivity index (χ4v) is 5.11. The third-order valence-corrected chi connectivity index (χ3v) is 7.07. The zero-order valence-corrected chi connectivity index (χ0v) is 17.9. The lowest BCUT2D eigenvalue weighted by atomic mass is 9.97. The average molecular weight is 439 g/mol. The van der Waals surface area contributed by atoms with Crippen LogP contribution in [0.15, 0.2) is 47.4 Å². The van der Waals surface area contributed by atoms with Gasteiger partial charge in [-0.25, -0.2) is 8.42 Å². The monoisotopic (exact) mass is 438 g/mol. The maximum Gasteiger partial charge on any atom is 0.244 e. The summed E-state index contributed by atoms with van der Waals surface area (Å²) in [5.41, 5.74) is 0.919. The molecule has 1 fully saturated rings. The molecule has 3 rings (SSSR count). The summed E-state index contributed by atoms with van der Waals surface area (Å²) in [4.78, 5) is 12.8. The number of hydrogen-bond donors (Lipinski definition) is 1. The quantitative estimate of drug-likeness (QED) is 0.740. The Balaban J connectivity index is 1.70. The van der Waals surface area contributed by atoms with E-state index in [9.17, 15) is 18.5 Å². The number of anilines is 1. The number of ether oxygens (including phenoxy) is 1. The molecule has 0 atom stereocenters. The van der Waals surface area contributed by atoms with Crippen LogP contribution in [0.3, 0.4) is 0 Å². The van der Waals surface area contributed by atoms with Gasteiger partial charge < -0.3 is 10.1 Å². The predicted octanol–water partition coefficient (Wildman–Crippen LogP) is 2.87. The molecule has 160 valence electrons. The van der Waals surface area contributed by atoms with E-state index in [1.165, 1.54) is 16.4 Å². The number of hydrogen-bond acceptors (Lipinski definition) is 6. The number of nitrogens with zero attached hydrogens (tertiary/aromatic N) is 3. The van der Waals surface area contributed by atoms with Crippen molar-refractivity contribution in [2.45, 2.75) is 24.7 Å². The molecule has 0 aromatic heterocycles. The van der Waals surface area contributed by atoms with Crippen molar-refractivity contribution in [1.82, 2.24) is 4.31 Å². The lowest BCUT2D eigenvalue weighted by Gasteiger charge is -2.30. The molecule has 1 saturated heterocycles. The molecule has 1 amide bonds. The Bertz CT molecular complexity index is 1160. The van der Waals surface area contributed by atoms with Gasteiger partial charge in [-0.1, -0.05) is 12.1 Å². The molecule has 8 nitrogen and oxygen atoms in total. The number of carbonyl (C=O) groups is 1. The van der Waals surface area contributed by atoms with Crippen LogP contribution in [-0.2, 0) is 14.8 Å². The minimum atomic E-state index is -3.81. The van der Waals surface area contributed by atoms with Crippen LogP contribution in [0.2, 0.25) is 0 Å². The molecule has 1 aliphatic rings. The lowest BCUT2D eigenvalue weighted by molar-refractivity contribution is -0.120. The third-order valence-electron chi connectivity index (χ3n) is 5.12. The molecule has 0 spiro atoms. The third kappa shape index (κ3) is 4.85. The van der Waals surface area contributed by atoms with Gasteiger partial charge in [-0.15, -0.1) is 0 Å². The van der Waals surface area contributed by atoms with Gasteiger partial charge in [0.25, 0.3) is 0 Å². The number of nitriles is 2. The van der Waals surface area contributed by atoms with Crippen molar-refractivity contribution < 1.29 is 17.9 Å². The molecule has 1 N–H and O–H groups in total. The van der Waals surface area contributed by atoms with Gasteiger partial charge in [0.05, 0.1) is 34.4 Å². The Morgan fingerprint density at radius 1 is 1.16 bits per heavy atom. The first-order chi connectivity index (χ1) is 14.9. The van der Waals surface area contributed by atoms with E-state index in [0.717, 1.165) is 0 Å². The molecule has 31 heavy (non-hydrogen) atoms. The predicted molar refractivity (Wildman–Crippen MR) is 114 cm³/mol. The lowest BCUT2D eigenvalue weighted by Crippen LogP contribution is -2.41. The maximum atomic E-state index is 12.9. The summed E-state index contributed by atoms with van der Waals surface area (Å²) in [6.45, 7) is 2.59. The molecule has 1 heterocycles. The minimum Gasteiger partial charge on any atom is -0.492 e. The van der Waals surface area contributed by atoms with Crippen molar-refractivity contribution in [1.29, 1.82) is 10.5 Å². The van der Waals surface area contributed by atoms with E-state index in [0.29, 0.717) is 36.4 Å². The summed E-state index contributed by atoms with van der Waals surface area (Å²) in [7, 11) is -3.81. The molecule has 0 aliphatic carbocycles. The van der Waals surface area contributed by atoms with Crippen molar-refractivity contribution in [2.75, 3.05) is 25.0 Å². The SMILES string of the molecule is CCOc1ccc(C#N)cc1NC(=O)C1CCN(S(=O)(=O)c2ccccc2C#N)CC1. The van der Waals surface area contributed by atoms with Crippen LogP contribution < -0.4 is 10.1 Å². The number of sulfonamides is 1. The second-order valence-corrected chi connectivity index (χ2v) is 8.94. The van der Waals surface area contributed by atoms with E-state index in [1.807, 2.05) is 19.1 Å². The first-order valence-corrected chi connectivity index (χ1v) is 11.3. The van der Waals surface area contributed by atoms with E-state index >= 15 is 0 Å². The summed E-state index contributed by atoms with van der Waals surface area (Å²) in [6.07, 6.45) is 0.698. The van der Waals surface area contributed by atoms with E-state index in [4.69, 9.17) is 10.00 Å². The highest BCUT2D eigenvalue weighted by Gasteiger charge is 2.33. The highest BCUT2D eigenvalue weighted by Crippen LogP contribution is 2.29. The van der Waals surface area contributed by atoms with Crippen molar-refractivity contribution in [3.05, 3.63) is 53.6 Å². The van der Waals surface area contributed by atoms with E-state index in [1.54, 1.807) is 30.3 Å². The topological polar surface area (TPSA) is 123 Å². The summed E-state index contributed by atoms with van der Waals surface area (Å²) < 4.78 is 32.7. The van der Waals surface area contributed by atoms with Crippen LogP contribution in [0.1, 0.15) is 30.9 Å². The molecule has 0 radical (unpaired) electrons. The molecular formula is C22H22N4O4S. The van der Waals surface area contributed by atoms with Crippen molar-refractivity contribution in [3.8, 4) is 17.9 Å². The fourth-order valence-electron chi connectivity index (χ4n) is 3.49. The number of amides is 1. The van der Waals surface area contributed by atoms with Gasteiger partial charge in [-0.3, -0.25) is 4.79 Å². The van der Waals surface area contributed by atoms with Crippen LogP contribution in [0, 0.1) is 28.6 Å². The Hall–Kier alpha value is -3.40. The van der Waals surface area contributed by atoms with Crippen LogP contribution in [0.5, 0.6) is 5.75 Å². The maximum absolute atomic E-state index is 12.9. The highest BCUT2D eigenvalue weighted by atomic mass is 32.2. The van der Waals surface area contributed by atoms with Crippen molar-refractivity contribution in [3.63, 3.8) is 0 Å². The zero-order chi connectivity index (χ0) is 22.4. The Morgan fingerprint density at radius 3 is 2.52 bits per heavy atom. The number of carbonyl (C=O) groups excluding carboxylic acids is 1. The molecule has 1 aliphatic heterocycles. The van der Waals surface area contributed by atoms with Crippen LogP contribution in [0.25, 0.3) is 0 Å².